The smallest absolute Gasteiger partial charge is 0.293 e. The van der Waals surface area contributed by atoms with Crippen molar-refractivity contribution in [2.24, 2.45) is 0 Å². The molecule has 0 unspecified atom stereocenters. The van der Waals surface area contributed by atoms with E-state index in [0.29, 0.717) is 18.9 Å². The van der Waals surface area contributed by atoms with Crippen LogP contribution in [-0.4, -0.2) is 48.5 Å². The maximum Gasteiger partial charge on any atom is 0.293 e. The van der Waals surface area contributed by atoms with E-state index in [1.807, 2.05) is 37.3 Å². The second-order valence-corrected chi connectivity index (χ2v) is 6.82. The number of hydrogen-bond donors (Lipinski definition) is 0. The first-order chi connectivity index (χ1) is 13.2. The van der Waals surface area contributed by atoms with Gasteiger partial charge in [0.2, 0.25) is 5.82 Å². The molecule has 0 N–H and O–H groups in total. The van der Waals surface area contributed by atoms with Gasteiger partial charge in [-0.1, -0.05) is 12.1 Å². The average Bonchev–Trinajstić information content (AvgIpc) is 3.32. The SMILES string of the molecule is Cc1ccnc2nc(C(=O)N3CCC(c4nc5ccccc5o4)CC3)nn12. The Morgan fingerprint density at radius 3 is 2.74 bits per heavy atom. The van der Waals surface area contributed by atoms with Crippen molar-refractivity contribution in [1.29, 1.82) is 0 Å². The summed E-state index contributed by atoms with van der Waals surface area (Å²) in [6, 6.07) is 9.61. The van der Waals surface area contributed by atoms with Gasteiger partial charge < -0.3 is 9.32 Å². The molecule has 8 nitrogen and oxygen atoms in total. The lowest BCUT2D eigenvalue weighted by Gasteiger charge is -2.29. The predicted molar refractivity (Wildman–Crippen MR) is 97.4 cm³/mol. The van der Waals surface area contributed by atoms with E-state index in [0.717, 1.165) is 35.5 Å². The molecule has 4 aromatic rings. The van der Waals surface area contributed by atoms with E-state index in [1.165, 1.54) is 0 Å². The molecule has 0 saturated carbocycles. The molecular formula is C19H18N6O2. The highest BCUT2D eigenvalue weighted by Crippen LogP contribution is 2.30. The molecule has 1 fully saturated rings. The highest BCUT2D eigenvalue weighted by Gasteiger charge is 2.29. The third-order valence-electron chi connectivity index (χ3n) is 5.06. The number of aromatic nitrogens is 5. The Morgan fingerprint density at radius 1 is 1.15 bits per heavy atom. The molecule has 1 amide bonds. The van der Waals surface area contributed by atoms with Crippen molar-refractivity contribution in [1.82, 2.24) is 29.5 Å². The summed E-state index contributed by atoms with van der Waals surface area (Å²) in [5.74, 6) is 1.46. The Kier molecular flexibility index (Phi) is 3.63. The summed E-state index contributed by atoms with van der Waals surface area (Å²) < 4.78 is 7.49. The molecule has 0 bridgehead atoms. The molecule has 136 valence electrons. The van der Waals surface area contributed by atoms with Gasteiger partial charge in [-0.05, 0) is 38.0 Å². The summed E-state index contributed by atoms with van der Waals surface area (Å²) in [6.07, 6.45) is 3.28. The lowest BCUT2D eigenvalue weighted by Crippen LogP contribution is -2.38. The van der Waals surface area contributed by atoms with Crippen molar-refractivity contribution in [2.45, 2.75) is 25.7 Å². The number of likely N-dealkylation sites (tertiary alicyclic amines) is 1. The number of amides is 1. The third kappa shape index (κ3) is 2.73. The fraction of sp³-hybridized carbons (Fsp3) is 0.316. The Hall–Kier alpha value is -3.29. The summed E-state index contributed by atoms with van der Waals surface area (Å²) >= 11 is 0. The largest absolute Gasteiger partial charge is 0.440 e. The quantitative estimate of drug-likeness (QED) is 0.544. The van der Waals surface area contributed by atoms with Gasteiger partial charge in [0.25, 0.3) is 11.7 Å². The van der Waals surface area contributed by atoms with Crippen LogP contribution in [0, 0.1) is 6.92 Å². The van der Waals surface area contributed by atoms with E-state index >= 15 is 0 Å². The van der Waals surface area contributed by atoms with Crippen LogP contribution in [0.15, 0.2) is 40.9 Å². The minimum absolute atomic E-state index is 0.157. The number of fused-ring (bicyclic) bond motifs is 2. The first kappa shape index (κ1) is 15.9. The van der Waals surface area contributed by atoms with Crippen molar-refractivity contribution in [3.63, 3.8) is 0 Å². The van der Waals surface area contributed by atoms with E-state index in [2.05, 4.69) is 20.1 Å². The number of para-hydroxylation sites is 2. The van der Waals surface area contributed by atoms with E-state index in [4.69, 9.17) is 4.42 Å². The third-order valence-corrected chi connectivity index (χ3v) is 5.06. The van der Waals surface area contributed by atoms with Gasteiger partial charge in [-0.25, -0.2) is 14.5 Å². The topological polar surface area (TPSA) is 89.4 Å². The minimum atomic E-state index is -0.157. The van der Waals surface area contributed by atoms with Crippen molar-refractivity contribution in [2.75, 3.05) is 13.1 Å². The van der Waals surface area contributed by atoms with Crippen molar-refractivity contribution in [3.8, 4) is 0 Å². The van der Waals surface area contributed by atoms with Crippen LogP contribution < -0.4 is 0 Å². The number of nitrogens with zero attached hydrogens (tertiary/aromatic N) is 6. The highest BCUT2D eigenvalue weighted by atomic mass is 16.3. The molecule has 1 aliphatic heterocycles. The molecule has 5 rings (SSSR count). The van der Waals surface area contributed by atoms with Gasteiger partial charge in [0, 0.05) is 30.9 Å². The Morgan fingerprint density at radius 2 is 1.96 bits per heavy atom. The number of carbonyl (C=O) groups is 1. The monoisotopic (exact) mass is 362 g/mol. The van der Waals surface area contributed by atoms with Crippen molar-refractivity contribution in [3.05, 3.63) is 53.9 Å². The van der Waals surface area contributed by atoms with Gasteiger partial charge in [0.05, 0.1) is 0 Å². The zero-order valence-electron chi connectivity index (χ0n) is 14.9. The number of oxazole rings is 1. The zero-order valence-corrected chi connectivity index (χ0v) is 14.9. The molecule has 0 radical (unpaired) electrons. The maximum atomic E-state index is 12.8. The fourth-order valence-electron chi connectivity index (χ4n) is 3.53. The molecule has 27 heavy (non-hydrogen) atoms. The van der Waals surface area contributed by atoms with Gasteiger partial charge >= 0.3 is 0 Å². The van der Waals surface area contributed by atoms with Gasteiger partial charge in [-0.2, -0.15) is 4.98 Å². The first-order valence-corrected chi connectivity index (χ1v) is 9.02. The number of carbonyl (C=O) groups excluding carboxylic acids is 1. The fourth-order valence-corrected chi connectivity index (χ4v) is 3.53. The number of hydrogen-bond acceptors (Lipinski definition) is 6. The lowest BCUT2D eigenvalue weighted by molar-refractivity contribution is 0.0694. The number of benzene rings is 1. The van der Waals surface area contributed by atoms with Crippen LogP contribution in [0.4, 0.5) is 0 Å². The maximum absolute atomic E-state index is 12.8. The summed E-state index contributed by atoms with van der Waals surface area (Å²) in [5.41, 5.74) is 2.58. The number of aryl methyl sites for hydroxylation is 1. The number of rotatable bonds is 2. The van der Waals surface area contributed by atoms with E-state index in [9.17, 15) is 4.79 Å². The molecule has 1 saturated heterocycles. The van der Waals surface area contributed by atoms with Crippen LogP contribution in [0.3, 0.4) is 0 Å². The van der Waals surface area contributed by atoms with Gasteiger partial charge in [-0.15, -0.1) is 5.10 Å². The van der Waals surface area contributed by atoms with Crippen LogP contribution in [-0.2, 0) is 0 Å². The molecule has 1 aliphatic rings. The molecule has 0 atom stereocenters. The normalized spacial score (nSPS) is 15.7. The predicted octanol–water partition coefficient (Wildman–Crippen LogP) is 2.59. The molecule has 4 heterocycles. The highest BCUT2D eigenvalue weighted by molar-refractivity contribution is 5.91. The van der Waals surface area contributed by atoms with Crippen LogP contribution in [0.25, 0.3) is 16.9 Å². The summed E-state index contributed by atoms with van der Waals surface area (Å²) in [4.78, 5) is 27.6. The van der Waals surface area contributed by atoms with Gasteiger partial charge in [0.1, 0.15) is 5.52 Å². The Labute approximate surface area is 154 Å². The summed E-state index contributed by atoms with van der Waals surface area (Å²) in [7, 11) is 0. The minimum Gasteiger partial charge on any atom is -0.440 e. The van der Waals surface area contributed by atoms with Crippen LogP contribution in [0.5, 0.6) is 0 Å². The molecule has 8 heteroatoms. The van der Waals surface area contributed by atoms with Gasteiger partial charge in [0.15, 0.2) is 11.5 Å². The molecular weight excluding hydrogens is 344 g/mol. The Balaban J connectivity index is 1.31. The van der Waals surface area contributed by atoms with E-state index in [1.54, 1.807) is 15.6 Å². The van der Waals surface area contributed by atoms with Crippen LogP contribution in [0.2, 0.25) is 0 Å². The second kappa shape index (κ2) is 6.15. The van der Waals surface area contributed by atoms with Crippen LogP contribution >= 0.6 is 0 Å². The van der Waals surface area contributed by atoms with Crippen molar-refractivity contribution < 1.29 is 9.21 Å². The molecule has 3 aromatic heterocycles. The molecule has 0 aliphatic carbocycles. The number of piperidine rings is 1. The summed E-state index contributed by atoms with van der Waals surface area (Å²) in [5, 5.41) is 4.31. The first-order valence-electron chi connectivity index (χ1n) is 9.02. The lowest BCUT2D eigenvalue weighted by atomic mass is 9.97. The average molecular weight is 362 g/mol. The standard InChI is InChI=1S/C19H18N6O2/c1-12-6-9-20-19-22-16(23-25(12)19)18(26)24-10-7-13(8-11-24)17-21-14-4-2-3-5-15(14)27-17/h2-6,9,13H,7-8,10-11H2,1H3. The second-order valence-electron chi connectivity index (χ2n) is 6.82. The van der Waals surface area contributed by atoms with E-state index < -0.39 is 0 Å². The molecule has 1 aromatic carbocycles. The summed E-state index contributed by atoms with van der Waals surface area (Å²) in [6.45, 7) is 3.16. The van der Waals surface area contributed by atoms with Gasteiger partial charge in [-0.3, -0.25) is 4.79 Å². The van der Waals surface area contributed by atoms with Crippen molar-refractivity contribution >= 4 is 22.8 Å². The van der Waals surface area contributed by atoms with E-state index in [-0.39, 0.29) is 17.6 Å². The zero-order chi connectivity index (χ0) is 18.4. The van der Waals surface area contributed by atoms with Crippen LogP contribution in [0.1, 0.15) is 41.0 Å². The Bertz CT molecular complexity index is 1110. The molecule has 0 spiro atoms.